The molecule has 84 valence electrons. The van der Waals surface area contributed by atoms with Crippen molar-refractivity contribution in [3.05, 3.63) is 22.7 Å². The number of nitrogen functional groups attached to an aromatic ring is 1. The molecular formula is C10H14BrNO2S. The number of unbranched alkanes of at least 4 members (excludes halogenated alkanes) is 1. The maximum Gasteiger partial charge on any atom is 0.179 e. The summed E-state index contributed by atoms with van der Waals surface area (Å²) in [5.74, 6) is 0.187. The van der Waals surface area contributed by atoms with Crippen molar-refractivity contribution in [2.45, 2.75) is 24.7 Å². The Hall–Kier alpha value is -0.550. The molecule has 0 atom stereocenters. The van der Waals surface area contributed by atoms with Gasteiger partial charge >= 0.3 is 0 Å². The number of nitrogens with two attached hydrogens (primary N) is 1. The van der Waals surface area contributed by atoms with Gasteiger partial charge in [0.25, 0.3) is 0 Å². The van der Waals surface area contributed by atoms with Gasteiger partial charge in [0.2, 0.25) is 0 Å². The molecule has 0 fully saturated rings. The van der Waals surface area contributed by atoms with Crippen molar-refractivity contribution < 1.29 is 8.42 Å². The van der Waals surface area contributed by atoms with Gasteiger partial charge in [0.15, 0.2) is 9.84 Å². The summed E-state index contributed by atoms with van der Waals surface area (Å²) in [5.41, 5.74) is 6.10. The zero-order chi connectivity index (χ0) is 11.5. The molecule has 0 aromatic heterocycles. The second-order valence-corrected chi connectivity index (χ2v) is 6.29. The van der Waals surface area contributed by atoms with Crippen LogP contribution in [0, 0.1) is 0 Å². The van der Waals surface area contributed by atoms with Crippen molar-refractivity contribution in [3.8, 4) is 0 Å². The van der Waals surface area contributed by atoms with Crippen molar-refractivity contribution in [2.75, 3.05) is 11.5 Å². The minimum Gasteiger partial charge on any atom is -0.399 e. The molecule has 0 aliphatic rings. The fraction of sp³-hybridized carbons (Fsp3) is 0.400. The summed E-state index contributed by atoms with van der Waals surface area (Å²) >= 11 is 3.22. The van der Waals surface area contributed by atoms with Crippen LogP contribution in [0.15, 0.2) is 27.6 Å². The molecule has 15 heavy (non-hydrogen) atoms. The van der Waals surface area contributed by atoms with Crippen LogP contribution < -0.4 is 5.73 Å². The van der Waals surface area contributed by atoms with E-state index in [9.17, 15) is 8.42 Å². The van der Waals surface area contributed by atoms with Gasteiger partial charge in [-0.2, -0.15) is 0 Å². The number of hydrogen-bond donors (Lipinski definition) is 1. The molecule has 0 radical (unpaired) electrons. The Morgan fingerprint density at radius 2 is 2.07 bits per heavy atom. The first-order valence-corrected chi connectivity index (χ1v) is 7.19. The van der Waals surface area contributed by atoms with E-state index in [1.807, 2.05) is 6.92 Å². The van der Waals surface area contributed by atoms with Gasteiger partial charge in [-0.3, -0.25) is 0 Å². The molecule has 0 bridgehead atoms. The number of halogens is 1. The molecular weight excluding hydrogens is 278 g/mol. The highest BCUT2D eigenvalue weighted by molar-refractivity contribution is 9.10. The van der Waals surface area contributed by atoms with Gasteiger partial charge in [0.05, 0.1) is 10.6 Å². The molecule has 0 unspecified atom stereocenters. The Labute approximate surface area is 98.7 Å². The molecule has 5 heteroatoms. The van der Waals surface area contributed by atoms with Crippen LogP contribution in [0.4, 0.5) is 5.69 Å². The third kappa shape index (κ3) is 3.21. The summed E-state index contributed by atoms with van der Waals surface area (Å²) in [6.45, 7) is 1.97. The Balaban J connectivity index is 3.05. The average Bonchev–Trinajstić information content (AvgIpc) is 2.14. The fourth-order valence-electron chi connectivity index (χ4n) is 1.21. The topological polar surface area (TPSA) is 60.2 Å². The number of benzene rings is 1. The quantitative estimate of drug-likeness (QED) is 0.868. The van der Waals surface area contributed by atoms with E-state index in [1.54, 1.807) is 18.2 Å². The number of anilines is 1. The molecule has 1 aromatic rings. The molecule has 0 saturated carbocycles. The largest absolute Gasteiger partial charge is 0.399 e. The lowest BCUT2D eigenvalue weighted by Gasteiger charge is -2.06. The van der Waals surface area contributed by atoms with Crippen LogP contribution in [0.3, 0.4) is 0 Å². The summed E-state index contributed by atoms with van der Waals surface area (Å²) < 4.78 is 24.2. The first kappa shape index (κ1) is 12.5. The van der Waals surface area contributed by atoms with E-state index < -0.39 is 9.84 Å². The van der Waals surface area contributed by atoms with E-state index in [2.05, 4.69) is 15.9 Å². The Bertz CT molecular complexity index is 443. The smallest absolute Gasteiger partial charge is 0.179 e. The minimum absolute atomic E-state index is 0.187. The van der Waals surface area contributed by atoms with Crippen LogP contribution in [0.2, 0.25) is 0 Å². The van der Waals surface area contributed by atoms with E-state index in [0.717, 1.165) is 6.42 Å². The van der Waals surface area contributed by atoms with Crippen molar-refractivity contribution in [1.82, 2.24) is 0 Å². The van der Waals surface area contributed by atoms with Crippen LogP contribution in [-0.2, 0) is 9.84 Å². The molecule has 2 N–H and O–H groups in total. The third-order valence-electron chi connectivity index (χ3n) is 2.06. The lowest BCUT2D eigenvalue weighted by Crippen LogP contribution is -2.07. The minimum atomic E-state index is -3.17. The summed E-state index contributed by atoms with van der Waals surface area (Å²) in [4.78, 5) is 0.324. The zero-order valence-corrected chi connectivity index (χ0v) is 10.9. The van der Waals surface area contributed by atoms with E-state index in [4.69, 9.17) is 5.73 Å². The zero-order valence-electron chi connectivity index (χ0n) is 8.53. The average molecular weight is 292 g/mol. The molecule has 0 saturated heterocycles. The second-order valence-electron chi connectivity index (χ2n) is 3.36. The lowest BCUT2D eigenvalue weighted by atomic mass is 10.3. The highest BCUT2D eigenvalue weighted by atomic mass is 79.9. The fourth-order valence-corrected chi connectivity index (χ4v) is 3.87. The lowest BCUT2D eigenvalue weighted by molar-refractivity contribution is 0.592. The van der Waals surface area contributed by atoms with Crippen molar-refractivity contribution in [1.29, 1.82) is 0 Å². The number of hydrogen-bond acceptors (Lipinski definition) is 3. The molecule has 0 heterocycles. The van der Waals surface area contributed by atoms with Crippen LogP contribution in [0.25, 0.3) is 0 Å². The van der Waals surface area contributed by atoms with Gasteiger partial charge in [0, 0.05) is 10.2 Å². The Kier molecular flexibility index (Phi) is 4.16. The molecule has 1 aromatic carbocycles. The predicted molar refractivity (Wildman–Crippen MR) is 65.5 cm³/mol. The van der Waals surface area contributed by atoms with Crippen LogP contribution in [0.1, 0.15) is 19.8 Å². The Morgan fingerprint density at radius 1 is 1.40 bits per heavy atom. The normalized spacial score (nSPS) is 11.6. The molecule has 0 amide bonds. The van der Waals surface area contributed by atoms with Crippen molar-refractivity contribution >= 4 is 31.5 Å². The standard InChI is InChI=1S/C10H14BrNO2S/c1-2-3-6-15(13,14)10-5-4-8(12)7-9(10)11/h4-5,7H,2-3,6,12H2,1H3. The van der Waals surface area contributed by atoms with Gasteiger partial charge in [-0.1, -0.05) is 13.3 Å². The van der Waals surface area contributed by atoms with Crippen LogP contribution in [-0.4, -0.2) is 14.2 Å². The highest BCUT2D eigenvalue weighted by Crippen LogP contribution is 2.25. The highest BCUT2D eigenvalue weighted by Gasteiger charge is 2.16. The van der Waals surface area contributed by atoms with E-state index in [0.29, 0.717) is 21.5 Å². The summed E-state index contributed by atoms with van der Waals surface area (Å²) in [6.07, 6.45) is 1.55. The SMILES string of the molecule is CCCCS(=O)(=O)c1ccc(N)cc1Br. The van der Waals surface area contributed by atoms with E-state index in [1.165, 1.54) is 0 Å². The van der Waals surface area contributed by atoms with Gasteiger partial charge in [0.1, 0.15) is 0 Å². The van der Waals surface area contributed by atoms with E-state index in [-0.39, 0.29) is 5.75 Å². The predicted octanol–water partition coefficient (Wildman–Crippen LogP) is 2.61. The summed E-state index contributed by atoms with van der Waals surface area (Å²) in [5, 5.41) is 0. The Morgan fingerprint density at radius 3 is 2.60 bits per heavy atom. The monoisotopic (exact) mass is 291 g/mol. The van der Waals surface area contributed by atoms with Crippen LogP contribution in [0.5, 0.6) is 0 Å². The van der Waals surface area contributed by atoms with Crippen molar-refractivity contribution in [3.63, 3.8) is 0 Å². The van der Waals surface area contributed by atoms with Crippen LogP contribution >= 0.6 is 15.9 Å². The van der Waals surface area contributed by atoms with Gasteiger partial charge < -0.3 is 5.73 Å². The number of sulfone groups is 1. The van der Waals surface area contributed by atoms with Crippen molar-refractivity contribution in [2.24, 2.45) is 0 Å². The molecule has 0 spiro atoms. The number of rotatable bonds is 4. The maximum atomic E-state index is 11.9. The first-order chi connectivity index (χ1) is 6.97. The molecule has 0 aliphatic heterocycles. The summed E-state index contributed by atoms with van der Waals surface area (Å²) in [6, 6.07) is 4.76. The molecule has 1 rings (SSSR count). The van der Waals surface area contributed by atoms with Gasteiger partial charge in [-0.25, -0.2) is 8.42 Å². The third-order valence-corrected chi connectivity index (χ3v) is 4.83. The molecule has 3 nitrogen and oxygen atoms in total. The first-order valence-electron chi connectivity index (χ1n) is 4.75. The van der Waals surface area contributed by atoms with Gasteiger partial charge in [-0.15, -0.1) is 0 Å². The summed E-state index contributed by atoms with van der Waals surface area (Å²) in [7, 11) is -3.17. The maximum absolute atomic E-state index is 11.9. The van der Waals surface area contributed by atoms with Gasteiger partial charge in [-0.05, 0) is 40.5 Å². The molecule has 0 aliphatic carbocycles. The second kappa shape index (κ2) is 4.99. The van der Waals surface area contributed by atoms with E-state index >= 15 is 0 Å².